The molecule has 0 aliphatic carbocycles. The summed E-state index contributed by atoms with van der Waals surface area (Å²) in [6.07, 6.45) is 5.01. The maximum Gasteiger partial charge on any atom is 0.194 e. The van der Waals surface area contributed by atoms with E-state index in [0.717, 1.165) is 43.4 Å². The number of pyridine rings is 1. The number of guanidine groups is 1. The largest absolute Gasteiger partial charge is 0.370 e. The molecule has 29 heavy (non-hydrogen) atoms. The first kappa shape index (κ1) is 19.5. The van der Waals surface area contributed by atoms with Gasteiger partial charge in [-0.3, -0.25) is 4.99 Å². The molecule has 0 saturated carbocycles. The highest BCUT2D eigenvalue weighted by atomic mass is 16.5. The van der Waals surface area contributed by atoms with E-state index < -0.39 is 0 Å². The Kier molecular flexibility index (Phi) is 6.10. The quantitative estimate of drug-likeness (QED) is 0.536. The van der Waals surface area contributed by atoms with Crippen molar-refractivity contribution >= 4 is 11.6 Å². The number of imidazole rings is 1. The van der Waals surface area contributed by atoms with E-state index in [9.17, 15) is 0 Å². The Morgan fingerprint density at radius 2 is 2.10 bits per heavy atom. The molecule has 1 fully saturated rings. The average molecular weight is 392 g/mol. The zero-order valence-electron chi connectivity index (χ0n) is 17.2. The van der Waals surface area contributed by atoms with Gasteiger partial charge >= 0.3 is 0 Å². The molecule has 1 saturated heterocycles. The lowest BCUT2D eigenvalue weighted by Crippen LogP contribution is -2.48. The summed E-state index contributed by atoms with van der Waals surface area (Å²) in [5, 5.41) is 3.45. The third kappa shape index (κ3) is 4.59. The van der Waals surface area contributed by atoms with Gasteiger partial charge in [-0.25, -0.2) is 4.98 Å². The van der Waals surface area contributed by atoms with Crippen LogP contribution in [0, 0.1) is 6.92 Å². The second kappa shape index (κ2) is 9.09. The summed E-state index contributed by atoms with van der Waals surface area (Å²) in [5.74, 6) is 0.957. The monoisotopic (exact) mass is 391 g/mol. The van der Waals surface area contributed by atoms with Crippen LogP contribution in [0.25, 0.3) is 5.65 Å². The number of aryl methyl sites for hydroxylation is 1. The summed E-state index contributed by atoms with van der Waals surface area (Å²) in [4.78, 5) is 11.9. The number of rotatable bonds is 5. The molecule has 1 atom stereocenters. The van der Waals surface area contributed by atoms with Gasteiger partial charge in [-0.2, -0.15) is 0 Å². The van der Waals surface area contributed by atoms with Gasteiger partial charge in [0.1, 0.15) is 11.8 Å². The zero-order chi connectivity index (χ0) is 20.1. The van der Waals surface area contributed by atoms with E-state index in [1.807, 2.05) is 24.4 Å². The number of ether oxygens (including phenoxy) is 1. The standard InChI is InChI=1S/C23H29N5O/c1-3-24-23(25-12-11-19-16-27-13-7-6-10-22(27)26-19)28-14-15-29-21(17-28)20-9-5-4-8-18(20)2/h4-10,13,16,21H,3,11-12,14-15,17H2,1-2H3,(H,24,25). The molecule has 0 bridgehead atoms. The van der Waals surface area contributed by atoms with Crippen LogP contribution in [0.2, 0.25) is 0 Å². The van der Waals surface area contributed by atoms with Crippen LogP contribution in [-0.4, -0.2) is 53.0 Å². The van der Waals surface area contributed by atoms with Crippen LogP contribution in [0.3, 0.4) is 0 Å². The van der Waals surface area contributed by atoms with Gasteiger partial charge in [-0.1, -0.05) is 30.3 Å². The highest BCUT2D eigenvalue weighted by Gasteiger charge is 2.25. The summed E-state index contributed by atoms with van der Waals surface area (Å²) in [5.41, 5.74) is 4.58. The van der Waals surface area contributed by atoms with Crippen LogP contribution >= 0.6 is 0 Å². The van der Waals surface area contributed by atoms with Gasteiger partial charge in [0.15, 0.2) is 5.96 Å². The summed E-state index contributed by atoms with van der Waals surface area (Å²) >= 11 is 0. The van der Waals surface area contributed by atoms with Crippen molar-refractivity contribution in [3.05, 3.63) is 71.7 Å². The van der Waals surface area contributed by atoms with Gasteiger partial charge in [-0.15, -0.1) is 0 Å². The summed E-state index contributed by atoms with van der Waals surface area (Å²) in [6, 6.07) is 14.5. The Balaban J connectivity index is 1.43. The number of fused-ring (bicyclic) bond motifs is 1. The highest BCUT2D eigenvalue weighted by molar-refractivity contribution is 5.80. The Morgan fingerprint density at radius 3 is 2.93 bits per heavy atom. The Morgan fingerprint density at radius 1 is 1.24 bits per heavy atom. The molecule has 0 amide bonds. The van der Waals surface area contributed by atoms with Crippen LogP contribution < -0.4 is 5.32 Å². The van der Waals surface area contributed by atoms with Crippen LogP contribution in [0.15, 0.2) is 59.9 Å². The van der Waals surface area contributed by atoms with Gasteiger partial charge in [0.25, 0.3) is 0 Å². The zero-order valence-corrected chi connectivity index (χ0v) is 17.2. The second-order valence-electron chi connectivity index (χ2n) is 7.35. The molecule has 1 unspecified atom stereocenters. The fourth-order valence-electron chi connectivity index (χ4n) is 3.79. The topological polar surface area (TPSA) is 54.2 Å². The Bertz CT molecular complexity index is 947. The fraction of sp³-hybridized carbons (Fsp3) is 0.391. The minimum Gasteiger partial charge on any atom is -0.370 e. The molecule has 3 aromatic rings. The van der Waals surface area contributed by atoms with E-state index in [-0.39, 0.29) is 6.10 Å². The Hall–Kier alpha value is -2.86. The van der Waals surface area contributed by atoms with Crippen molar-refractivity contribution in [1.29, 1.82) is 0 Å². The van der Waals surface area contributed by atoms with Crippen molar-refractivity contribution in [2.45, 2.75) is 26.4 Å². The van der Waals surface area contributed by atoms with Gasteiger partial charge in [0.2, 0.25) is 0 Å². The SMILES string of the molecule is CCNC(=NCCc1cn2ccccc2n1)N1CCOC(c2ccccc2C)C1. The first-order valence-electron chi connectivity index (χ1n) is 10.4. The molecule has 0 spiro atoms. The van der Waals surface area contributed by atoms with Gasteiger partial charge < -0.3 is 19.4 Å². The van der Waals surface area contributed by atoms with Crippen LogP contribution in [0.4, 0.5) is 0 Å². The van der Waals surface area contributed by atoms with Crippen LogP contribution in [-0.2, 0) is 11.2 Å². The van der Waals surface area contributed by atoms with Crippen molar-refractivity contribution in [2.75, 3.05) is 32.8 Å². The highest BCUT2D eigenvalue weighted by Crippen LogP contribution is 2.25. The first-order valence-corrected chi connectivity index (χ1v) is 10.4. The van der Waals surface area contributed by atoms with E-state index >= 15 is 0 Å². The van der Waals surface area contributed by atoms with Crippen molar-refractivity contribution in [3.8, 4) is 0 Å². The second-order valence-corrected chi connectivity index (χ2v) is 7.35. The lowest BCUT2D eigenvalue weighted by atomic mass is 10.0. The maximum atomic E-state index is 6.07. The van der Waals surface area contributed by atoms with Crippen LogP contribution in [0.1, 0.15) is 29.8 Å². The molecule has 152 valence electrons. The third-order valence-corrected chi connectivity index (χ3v) is 5.28. The number of nitrogens with zero attached hydrogens (tertiary/aromatic N) is 4. The number of morpholine rings is 1. The molecule has 6 heteroatoms. The lowest BCUT2D eigenvalue weighted by molar-refractivity contribution is -0.00832. The molecule has 1 aliphatic heterocycles. The molecular formula is C23H29N5O. The molecule has 4 rings (SSSR count). The molecule has 0 radical (unpaired) electrons. The maximum absolute atomic E-state index is 6.07. The van der Waals surface area contributed by atoms with Gasteiger partial charge in [-0.05, 0) is 37.1 Å². The first-order chi connectivity index (χ1) is 14.2. The molecule has 1 aromatic carbocycles. The molecule has 1 N–H and O–H groups in total. The third-order valence-electron chi connectivity index (χ3n) is 5.28. The predicted octanol–water partition coefficient (Wildman–Crippen LogP) is 3.22. The average Bonchev–Trinajstić information content (AvgIpc) is 3.16. The minimum absolute atomic E-state index is 0.0762. The van der Waals surface area contributed by atoms with E-state index in [4.69, 9.17) is 9.73 Å². The van der Waals surface area contributed by atoms with E-state index in [0.29, 0.717) is 13.2 Å². The number of aliphatic imine (C=N–C) groups is 1. The molecule has 2 aromatic heterocycles. The minimum atomic E-state index is 0.0762. The van der Waals surface area contributed by atoms with E-state index in [1.54, 1.807) is 0 Å². The molecule has 3 heterocycles. The fourth-order valence-corrected chi connectivity index (χ4v) is 3.79. The smallest absolute Gasteiger partial charge is 0.194 e. The number of aromatic nitrogens is 2. The van der Waals surface area contributed by atoms with Crippen LogP contribution in [0.5, 0.6) is 0 Å². The van der Waals surface area contributed by atoms with E-state index in [2.05, 4.69) is 63.9 Å². The summed E-state index contributed by atoms with van der Waals surface area (Å²) in [7, 11) is 0. The number of benzene rings is 1. The van der Waals surface area contributed by atoms with Crippen molar-refractivity contribution < 1.29 is 4.74 Å². The number of hydrogen-bond donors (Lipinski definition) is 1. The number of hydrogen-bond acceptors (Lipinski definition) is 3. The predicted molar refractivity (Wildman–Crippen MR) is 116 cm³/mol. The normalized spacial score (nSPS) is 17.7. The molecular weight excluding hydrogens is 362 g/mol. The number of nitrogens with one attached hydrogen (secondary N) is 1. The van der Waals surface area contributed by atoms with Crippen molar-refractivity contribution in [1.82, 2.24) is 19.6 Å². The van der Waals surface area contributed by atoms with Crippen molar-refractivity contribution in [2.24, 2.45) is 4.99 Å². The van der Waals surface area contributed by atoms with Crippen molar-refractivity contribution in [3.63, 3.8) is 0 Å². The van der Waals surface area contributed by atoms with E-state index in [1.165, 1.54) is 11.1 Å². The lowest BCUT2D eigenvalue weighted by Gasteiger charge is -2.35. The van der Waals surface area contributed by atoms with Gasteiger partial charge in [0, 0.05) is 38.4 Å². The Labute approximate surface area is 172 Å². The molecule has 1 aliphatic rings. The molecule has 6 nitrogen and oxygen atoms in total. The summed E-state index contributed by atoms with van der Waals surface area (Å²) < 4.78 is 8.13. The summed E-state index contributed by atoms with van der Waals surface area (Å²) in [6.45, 7) is 8.17. The van der Waals surface area contributed by atoms with Gasteiger partial charge in [0.05, 0.1) is 18.8 Å².